The van der Waals surface area contributed by atoms with Gasteiger partial charge in [-0.3, -0.25) is 9.59 Å². The van der Waals surface area contributed by atoms with E-state index in [0.29, 0.717) is 18.5 Å². The lowest BCUT2D eigenvalue weighted by Gasteiger charge is -2.07. The Kier molecular flexibility index (Phi) is 7.87. The van der Waals surface area contributed by atoms with Gasteiger partial charge in [0.15, 0.2) is 0 Å². The number of unbranched alkanes of at least 4 members (excludes halogenated alkanes) is 3. The molecule has 26 heavy (non-hydrogen) atoms. The van der Waals surface area contributed by atoms with Crippen LogP contribution in [0.2, 0.25) is 0 Å². The first kappa shape index (κ1) is 19.7. The summed E-state index contributed by atoms with van der Waals surface area (Å²) in [6.45, 7) is 4.69. The fourth-order valence-corrected chi connectivity index (χ4v) is 2.63. The number of hydrogen-bond donors (Lipinski definition) is 2. The van der Waals surface area contributed by atoms with Crippen molar-refractivity contribution in [1.82, 2.24) is 5.32 Å². The standard InChI is InChI=1S/C22H28N2O2/c1-17-8-12-19(13-9-17)22(26)23-16-6-4-3-5-7-21(25)24-20-14-10-18(2)11-15-20/h8-15H,3-7,16H2,1-2H3,(H,23,26)(H,24,25). The third-order valence-electron chi connectivity index (χ3n) is 4.27. The Balaban J connectivity index is 1.52. The summed E-state index contributed by atoms with van der Waals surface area (Å²) in [5.41, 5.74) is 3.87. The van der Waals surface area contributed by atoms with Crippen molar-refractivity contribution in [3.05, 3.63) is 65.2 Å². The zero-order valence-corrected chi connectivity index (χ0v) is 15.7. The van der Waals surface area contributed by atoms with E-state index in [4.69, 9.17) is 0 Å². The van der Waals surface area contributed by atoms with Gasteiger partial charge in [-0.2, -0.15) is 0 Å². The number of hydrogen-bond acceptors (Lipinski definition) is 2. The van der Waals surface area contributed by atoms with Gasteiger partial charge in [-0.05, 0) is 51.0 Å². The van der Waals surface area contributed by atoms with Crippen LogP contribution in [-0.4, -0.2) is 18.4 Å². The summed E-state index contributed by atoms with van der Waals surface area (Å²) in [6.07, 6.45) is 4.32. The largest absolute Gasteiger partial charge is 0.352 e. The lowest BCUT2D eigenvalue weighted by molar-refractivity contribution is -0.116. The van der Waals surface area contributed by atoms with Crippen molar-refractivity contribution in [3.8, 4) is 0 Å². The van der Waals surface area contributed by atoms with Gasteiger partial charge >= 0.3 is 0 Å². The Morgan fingerprint density at radius 1 is 0.769 bits per heavy atom. The van der Waals surface area contributed by atoms with E-state index in [2.05, 4.69) is 10.6 Å². The smallest absolute Gasteiger partial charge is 0.251 e. The first-order valence-corrected chi connectivity index (χ1v) is 9.26. The third-order valence-corrected chi connectivity index (χ3v) is 4.27. The first-order valence-electron chi connectivity index (χ1n) is 9.26. The summed E-state index contributed by atoms with van der Waals surface area (Å²) in [6, 6.07) is 15.4. The molecule has 0 atom stereocenters. The molecule has 0 aromatic heterocycles. The maximum Gasteiger partial charge on any atom is 0.251 e. The maximum atomic E-state index is 12.0. The molecule has 4 nitrogen and oxygen atoms in total. The van der Waals surface area contributed by atoms with E-state index in [0.717, 1.165) is 36.9 Å². The van der Waals surface area contributed by atoms with Crippen LogP contribution in [0.3, 0.4) is 0 Å². The molecule has 2 N–H and O–H groups in total. The molecule has 2 aromatic carbocycles. The summed E-state index contributed by atoms with van der Waals surface area (Å²) in [7, 11) is 0. The van der Waals surface area contributed by atoms with Crippen LogP contribution < -0.4 is 10.6 Å². The topological polar surface area (TPSA) is 58.2 Å². The van der Waals surface area contributed by atoms with Gasteiger partial charge in [-0.15, -0.1) is 0 Å². The number of carbonyl (C=O) groups excluding carboxylic acids is 2. The quantitative estimate of drug-likeness (QED) is 0.647. The molecule has 0 heterocycles. The van der Waals surface area contributed by atoms with Crippen LogP contribution in [0.1, 0.15) is 53.6 Å². The molecule has 2 aromatic rings. The molecule has 0 aliphatic heterocycles. The van der Waals surface area contributed by atoms with Crippen molar-refractivity contribution in [1.29, 1.82) is 0 Å². The lowest BCUT2D eigenvalue weighted by atomic mass is 10.1. The van der Waals surface area contributed by atoms with Gasteiger partial charge < -0.3 is 10.6 Å². The Hall–Kier alpha value is -2.62. The Bertz CT molecular complexity index is 706. The number of anilines is 1. The van der Waals surface area contributed by atoms with E-state index in [1.54, 1.807) is 0 Å². The molecule has 4 heteroatoms. The first-order chi connectivity index (χ1) is 12.5. The summed E-state index contributed by atoms with van der Waals surface area (Å²) in [5.74, 6) is 0.0315. The second-order valence-corrected chi connectivity index (χ2v) is 6.70. The molecule has 2 amide bonds. The van der Waals surface area contributed by atoms with Gasteiger partial charge in [0.2, 0.25) is 5.91 Å². The van der Waals surface area contributed by atoms with Gasteiger partial charge in [0.1, 0.15) is 0 Å². The molecule has 0 fully saturated rings. The number of rotatable bonds is 9. The predicted molar refractivity (Wildman–Crippen MR) is 106 cm³/mol. The van der Waals surface area contributed by atoms with Crippen LogP contribution >= 0.6 is 0 Å². The van der Waals surface area contributed by atoms with Gasteiger partial charge in [0.05, 0.1) is 0 Å². The third kappa shape index (κ3) is 7.09. The van der Waals surface area contributed by atoms with Gasteiger partial charge in [-0.25, -0.2) is 0 Å². The predicted octanol–water partition coefficient (Wildman–Crippen LogP) is 4.62. The molecule has 0 saturated heterocycles. The van der Waals surface area contributed by atoms with Crippen LogP contribution in [0.4, 0.5) is 5.69 Å². The summed E-state index contributed by atoms with van der Waals surface area (Å²) in [5, 5.41) is 5.85. The lowest BCUT2D eigenvalue weighted by Crippen LogP contribution is -2.24. The van der Waals surface area contributed by atoms with Gasteiger partial charge in [0.25, 0.3) is 5.91 Å². The minimum atomic E-state index is -0.0255. The number of aryl methyl sites for hydroxylation is 2. The highest BCUT2D eigenvalue weighted by Gasteiger charge is 2.04. The van der Waals surface area contributed by atoms with Crippen molar-refractivity contribution in [2.24, 2.45) is 0 Å². The number of amides is 2. The average Bonchev–Trinajstić information content (AvgIpc) is 2.63. The fourth-order valence-electron chi connectivity index (χ4n) is 2.63. The van der Waals surface area contributed by atoms with Crippen LogP contribution in [0.25, 0.3) is 0 Å². The number of carbonyl (C=O) groups is 2. The van der Waals surface area contributed by atoms with Crippen LogP contribution in [0.15, 0.2) is 48.5 Å². The highest BCUT2D eigenvalue weighted by molar-refractivity contribution is 5.94. The Labute approximate surface area is 156 Å². The van der Waals surface area contributed by atoms with Crippen LogP contribution in [0.5, 0.6) is 0 Å². The molecule has 0 bridgehead atoms. The van der Waals surface area contributed by atoms with E-state index < -0.39 is 0 Å². The molecular weight excluding hydrogens is 324 g/mol. The summed E-state index contributed by atoms with van der Waals surface area (Å²) < 4.78 is 0. The molecule has 2 rings (SSSR count). The van der Waals surface area contributed by atoms with E-state index >= 15 is 0 Å². The number of benzene rings is 2. The zero-order chi connectivity index (χ0) is 18.8. The van der Waals surface area contributed by atoms with E-state index in [-0.39, 0.29) is 11.8 Å². The molecule has 0 aliphatic rings. The normalized spacial score (nSPS) is 10.4. The second kappa shape index (κ2) is 10.4. The van der Waals surface area contributed by atoms with Crippen molar-refractivity contribution < 1.29 is 9.59 Å². The monoisotopic (exact) mass is 352 g/mol. The van der Waals surface area contributed by atoms with Crippen molar-refractivity contribution in [2.75, 3.05) is 11.9 Å². The zero-order valence-electron chi connectivity index (χ0n) is 15.7. The van der Waals surface area contributed by atoms with E-state index in [1.807, 2.05) is 62.4 Å². The van der Waals surface area contributed by atoms with Gasteiger partial charge in [-0.1, -0.05) is 48.2 Å². The summed E-state index contributed by atoms with van der Waals surface area (Å²) >= 11 is 0. The SMILES string of the molecule is Cc1ccc(NC(=O)CCCCCCNC(=O)c2ccc(C)cc2)cc1. The van der Waals surface area contributed by atoms with Gasteiger partial charge in [0, 0.05) is 24.2 Å². The average molecular weight is 352 g/mol. The van der Waals surface area contributed by atoms with E-state index in [1.165, 1.54) is 5.56 Å². The number of nitrogens with one attached hydrogen (secondary N) is 2. The molecule has 0 radical (unpaired) electrons. The molecular formula is C22H28N2O2. The Morgan fingerprint density at radius 2 is 1.35 bits per heavy atom. The highest BCUT2D eigenvalue weighted by Crippen LogP contribution is 2.10. The van der Waals surface area contributed by atoms with Crippen LogP contribution in [-0.2, 0) is 4.79 Å². The minimum Gasteiger partial charge on any atom is -0.352 e. The summed E-state index contributed by atoms with van der Waals surface area (Å²) in [4.78, 5) is 23.9. The second-order valence-electron chi connectivity index (χ2n) is 6.70. The van der Waals surface area contributed by atoms with Crippen molar-refractivity contribution in [3.63, 3.8) is 0 Å². The van der Waals surface area contributed by atoms with Crippen molar-refractivity contribution >= 4 is 17.5 Å². The van der Waals surface area contributed by atoms with E-state index in [9.17, 15) is 9.59 Å². The minimum absolute atomic E-state index is 0.0255. The molecule has 0 aliphatic carbocycles. The highest BCUT2D eigenvalue weighted by atomic mass is 16.2. The fraction of sp³-hybridized carbons (Fsp3) is 0.364. The molecule has 0 spiro atoms. The maximum absolute atomic E-state index is 12.0. The van der Waals surface area contributed by atoms with Crippen LogP contribution in [0, 0.1) is 13.8 Å². The molecule has 138 valence electrons. The Morgan fingerprint density at radius 3 is 2.00 bits per heavy atom. The van der Waals surface area contributed by atoms with Crippen molar-refractivity contribution in [2.45, 2.75) is 46.0 Å². The molecule has 0 unspecified atom stereocenters. The molecule has 0 saturated carbocycles.